The van der Waals surface area contributed by atoms with Gasteiger partial charge in [0, 0.05) is 42.3 Å². The molecule has 2 fully saturated rings. The number of rotatable bonds is 1. The van der Waals surface area contributed by atoms with Gasteiger partial charge in [0.2, 0.25) is 0 Å². The Hall–Kier alpha value is -0.730. The monoisotopic (exact) mass is 222 g/mol. The van der Waals surface area contributed by atoms with Gasteiger partial charge >= 0.3 is 0 Å². The first-order valence-corrected chi connectivity index (χ1v) is 5.87. The van der Waals surface area contributed by atoms with Crippen LogP contribution in [-0.2, 0) is 0 Å². The van der Waals surface area contributed by atoms with E-state index in [9.17, 15) is 0 Å². The highest BCUT2D eigenvalue weighted by Crippen LogP contribution is 2.36. The van der Waals surface area contributed by atoms with Crippen molar-refractivity contribution in [3.8, 4) is 0 Å². The first kappa shape index (κ1) is 9.49. The standard InChI is InChI=1S/C12H15ClN2/c13-10-1-3-11(4-2-10)15-6-5-12(9-15)7-14-8-12/h1-4,14H,5-9H2. The summed E-state index contributed by atoms with van der Waals surface area (Å²) in [5.41, 5.74) is 1.88. The van der Waals surface area contributed by atoms with Crippen LogP contribution in [0.3, 0.4) is 0 Å². The summed E-state index contributed by atoms with van der Waals surface area (Å²) in [6.07, 6.45) is 1.32. The van der Waals surface area contributed by atoms with Gasteiger partial charge in [-0.3, -0.25) is 0 Å². The van der Waals surface area contributed by atoms with Gasteiger partial charge in [0.15, 0.2) is 0 Å². The van der Waals surface area contributed by atoms with Gasteiger partial charge in [-0.1, -0.05) is 11.6 Å². The Morgan fingerprint density at radius 1 is 1.20 bits per heavy atom. The zero-order chi connectivity index (χ0) is 10.3. The predicted molar refractivity (Wildman–Crippen MR) is 63.6 cm³/mol. The quantitative estimate of drug-likeness (QED) is 0.784. The van der Waals surface area contributed by atoms with Gasteiger partial charge in [-0.2, -0.15) is 0 Å². The van der Waals surface area contributed by atoms with Crippen molar-refractivity contribution in [2.45, 2.75) is 6.42 Å². The highest BCUT2D eigenvalue weighted by atomic mass is 35.5. The molecule has 2 heterocycles. The number of hydrogen-bond acceptors (Lipinski definition) is 2. The molecule has 1 spiro atoms. The lowest BCUT2D eigenvalue weighted by Gasteiger charge is -2.39. The second-order valence-corrected chi connectivity index (χ2v) is 5.19. The summed E-state index contributed by atoms with van der Waals surface area (Å²) in [5, 5.41) is 4.19. The number of halogens is 1. The molecular weight excluding hydrogens is 208 g/mol. The van der Waals surface area contributed by atoms with E-state index < -0.39 is 0 Å². The largest absolute Gasteiger partial charge is 0.371 e. The molecule has 1 aromatic carbocycles. The molecule has 3 rings (SSSR count). The van der Waals surface area contributed by atoms with E-state index >= 15 is 0 Å². The van der Waals surface area contributed by atoms with Gasteiger partial charge in [-0.05, 0) is 30.7 Å². The first-order valence-electron chi connectivity index (χ1n) is 5.49. The maximum Gasteiger partial charge on any atom is 0.0407 e. The fraction of sp³-hybridized carbons (Fsp3) is 0.500. The molecule has 2 saturated heterocycles. The Morgan fingerprint density at radius 3 is 2.47 bits per heavy atom. The van der Waals surface area contributed by atoms with E-state index in [4.69, 9.17) is 11.6 Å². The lowest BCUT2D eigenvalue weighted by atomic mass is 9.81. The Bertz CT molecular complexity index is 356. The lowest BCUT2D eigenvalue weighted by Crippen LogP contribution is -2.54. The van der Waals surface area contributed by atoms with Gasteiger partial charge in [-0.25, -0.2) is 0 Å². The number of nitrogens with zero attached hydrogens (tertiary/aromatic N) is 1. The van der Waals surface area contributed by atoms with Crippen LogP contribution in [0, 0.1) is 5.41 Å². The summed E-state index contributed by atoms with van der Waals surface area (Å²) in [7, 11) is 0. The molecule has 0 aromatic heterocycles. The molecule has 15 heavy (non-hydrogen) atoms. The molecule has 0 saturated carbocycles. The normalized spacial score (nSPS) is 23.1. The van der Waals surface area contributed by atoms with Crippen LogP contribution in [0.25, 0.3) is 0 Å². The fourth-order valence-corrected chi connectivity index (χ4v) is 2.70. The van der Waals surface area contributed by atoms with E-state index in [0.717, 1.165) is 5.02 Å². The van der Waals surface area contributed by atoms with E-state index in [0.29, 0.717) is 5.41 Å². The molecule has 1 N–H and O–H groups in total. The molecule has 0 amide bonds. The summed E-state index contributed by atoms with van der Waals surface area (Å²) in [4.78, 5) is 2.47. The van der Waals surface area contributed by atoms with Crippen LogP contribution < -0.4 is 10.2 Å². The maximum absolute atomic E-state index is 5.88. The number of hydrogen-bond donors (Lipinski definition) is 1. The van der Waals surface area contributed by atoms with E-state index in [1.807, 2.05) is 12.1 Å². The number of anilines is 1. The second kappa shape index (κ2) is 3.39. The third-order valence-corrected chi connectivity index (χ3v) is 3.88. The molecule has 0 aliphatic carbocycles. The zero-order valence-electron chi connectivity index (χ0n) is 8.67. The Balaban J connectivity index is 1.76. The molecular formula is C12H15ClN2. The van der Waals surface area contributed by atoms with Crippen molar-refractivity contribution in [3.05, 3.63) is 29.3 Å². The van der Waals surface area contributed by atoms with Crippen molar-refractivity contribution < 1.29 is 0 Å². The van der Waals surface area contributed by atoms with Crippen molar-refractivity contribution >= 4 is 17.3 Å². The van der Waals surface area contributed by atoms with Crippen molar-refractivity contribution in [1.82, 2.24) is 5.32 Å². The van der Waals surface area contributed by atoms with Crippen LogP contribution in [0.15, 0.2) is 24.3 Å². The molecule has 1 aromatic rings. The molecule has 2 aliphatic heterocycles. The Kier molecular flexibility index (Phi) is 2.15. The van der Waals surface area contributed by atoms with Crippen LogP contribution in [-0.4, -0.2) is 26.2 Å². The highest BCUT2D eigenvalue weighted by molar-refractivity contribution is 6.30. The van der Waals surface area contributed by atoms with Gasteiger partial charge in [0.25, 0.3) is 0 Å². The van der Waals surface area contributed by atoms with Crippen LogP contribution in [0.1, 0.15) is 6.42 Å². The van der Waals surface area contributed by atoms with Crippen molar-refractivity contribution in [1.29, 1.82) is 0 Å². The summed E-state index contributed by atoms with van der Waals surface area (Å²) >= 11 is 5.88. The average molecular weight is 223 g/mol. The van der Waals surface area contributed by atoms with E-state index in [1.165, 1.54) is 38.3 Å². The SMILES string of the molecule is Clc1ccc(N2CCC3(CNC3)C2)cc1. The predicted octanol–water partition coefficient (Wildman–Crippen LogP) is 2.14. The van der Waals surface area contributed by atoms with E-state index in [-0.39, 0.29) is 0 Å². The van der Waals surface area contributed by atoms with Crippen molar-refractivity contribution in [2.24, 2.45) is 5.41 Å². The minimum Gasteiger partial charge on any atom is -0.371 e. The zero-order valence-corrected chi connectivity index (χ0v) is 9.43. The molecule has 3 heteroatoms. The molecule has 0 bridgehead atoms. The average Bonchev–Trinajstić information content (AvgIpc) is 2.63. The molecule has 0 atom stereocenters. The lowest BCUT2D eigenvalue weighted by molar-refractivity contribution is 0.200. The first-order chi connectivity index (χ1) is 7.27. The van der Waals surface area contributed by atoms with Gasteiger partial charge in [0.1, 0.15) is 0 Å². The minimum absolute atomic E-state index is 0.569. The molecule has 2 nitrogen and oxygen atoms in total. The number of benzene rings is 1. The van der Waals surface area contributed by atoms with Gasteiger partial charge in [-0.15, -0.1) is 0 Å². The fourth-order valence-electron chi connectivity index (χ4n) is 2.57. The van der Waals surface area contributed by atoms with Crippen LogP contribution in [0.2, 0.25) is 5.02 Å². The van der Waals surface area contributed by atoms with Gasteiger partial charge in [0.05, 0.1) is 0 Å². The summed E-state index contributed by atoms with van der Waals surface area (Å²) in [6.45, 7) is 4.76. The Morgan fingerprint density at radius 2 is 1.93 bits per heavy atom. The van der Waals surface area contributed by atoms with Crippen LogP contribution in [0.4, 0.5) is 5.69 Å². The molecule has 80 valence electrons. The molecule has 2 aliphatic rings. The van der Waals surface area contributed by atoms with Crippen molar-refractivity contribution in [2.75, 3.05) is 31.1 Å². The van der Waals surface area contributed by atoms with Crippen LogP contribution >= 0.6 is 11.6 Å². The number of nitrogens with one attached hydrogen (secondary N) is 1. The van der Waals surface area contributed by atoms with Crippen LogP contribution in [0.5, 0.6) is 0 Å². The maximum atomic E-state index is 5.88. The third kappa shape index (κ3) is 1.62. The molecule has 0 unspecified atom stereocenters. The highest BCUT2D eigenvalue weighted by Gasteiger charge is 2.42. The molecule has 0 radical (unpaired) electrons. The van der Waals surface area contributed by atoms with Gasteiger partial charge < -0.3 is 10.2 Å². The summed E-state index contributed by atoms with van der Waals surface area (Å²) in [6, 6.07) is 8.18. The van der Waals surface area contributed by atoms with E-state index in [1.54, 1.807) is 0 Å². The van der Waals surface area contributed by atoms with Crippen molar-refractivity contribution in [3.63, 3.8) is 0 Å². The smallest absolute Gasteiger partial charge is 0.0407 e. The topological polar surface area (TPSA) is 15.3 Å². The summed E-state index contributed by atoms with van der Waals surface area (Å²) < 4.78 is 0. The second-order valence-electron chi connectivity index (χ2n) is 4.75. The third-order valence-electron chi connectivity index (χ3n) is 3.63. The van der Waals surface area contributed by atoms with E-state index in [2.05, 4.69) is 22.3 Å². The minimum atomic E-state index is 0.569. The Labute approximate surface area is 95.2 Å². The summed E-state index contributed by atoms with van der Waals surface area (Å²) in [5.74, 6) is 0.